The third-order valence-corrected chi connectivity index (χ3v) is 6.84. The lowest BCUT2D eigenvalue weighted by Gasteiger charge is -2.50. The van der Waals surface area contributed by atoms with Crippen molar-refractivity contribution in [2.24, 2.45) is 0 Å². The van der Waals surface area contributed by atoms with Gasteiger partial charge in [-0.05, 0) is 25.1 Å². The van der Waals surface area contributed by atoms with Crippen LogP contribution in [-0.2, 0) is 17.8 Å². The maximum absolute atomic E-state index is 13.2. The zero-order valence-corrected chi connectivity index (χ0v) is 18.7. The lowest BCUT2D eigenvalue weighted by atomic mass is 9.91. The van der Waals surface area contributed by atoms with E-state index >= 15 is 0 Å². The van der Waals surface area contributed by atoms with E-state index in [-0.39, 0.29) is 23.8 Å². The number of hydrogen-bond acceptors (Lipinski definition) is 6. The highest BCUT2D eigenvalue weighted by Gasteiger charge is 2.45. The minimum Gasteiger partial charge on any atom is -0.342 e. The topological polar surface area (TPSA) is 100 Å². The first kappa shape index (κ1) is 21.1. The van der Waals surface area contributed by atoms with Crippen molar-refractivity contribution in [3.8, 4) is 0 Å². The maximum atomic E-state index is 13.2. The second kappa shape index (κ2) is 7.99. The molecule has 4 heterocycles. The highest BCUT2D eigenvalue weighted by molar-refractivity contribution is 6.01. The van der Waals surface area contributed by atoms with Gasteiger partial charge in [0.25, 0.3) is 11.5 Å². The van der Waals surface area contributed by atoms with Gasteiger partial charge in [0.1, 0.15) is 11.5 Å². The molecule has 5 rings (SSSR count). The number of hydrogen-bond donors (Lipinski definition) is 1. The zero-order chi connectivity index (χ0) is 23.2. The average Bonchev–Trinajstić information content (AvgIpc) is 2.85. The van der Waals surface area contributed by atoms with Crippen molar-refractivity contribution in [3.63, 3.8) is 0 Å². The van der Waals surface area contributed by atoms with Crippen molar-refractivity contribution < 1.29 is 9.59 Å². The molecule has 9 heteroatoms. The summed E-state index contributed by atoms with van der Waals surface area (Å²) in [5.74, 6) is 0.499. The van der Waals surface area contributed by atoms with Crippen LogP contribution >= 0.6 is 0 Å². The van der Waals surface area contributed by atoms with E-state index in [0.717, 1.165) is 5.39 Å². The van der Waals surface area contributed by atoms with Gasteiger partial charge in [0.2, 0.25) is 5.91 Å². The molecular weight excluding hydrogens is 420 g/mol. The molecule has 0 atom stereocenters. The number of nitrogens with zero attached hydrogens (tertiary/aromatic N) is 5. The van der Waals surface area contributed by atoms with E-state index in [1.807, 2.05) is 42.0 Å². The molecule has 0 aliphatic carbocycles. The highest BCUT2D eigenvalue weighted by atomic mass is 16.2. The van der Waals surface area contributed by atoms with Crippen LogP contribution in [0.15, 0.2) is 47.4 Å². The summed E-state index contributed by atoms with van der Waals surface area (Å²) < 4.78 is 1.41. The van der Waals surface area contributed by atoms with Gasteiger partial charge in [-0.3, -0.25) is 14.4 Å². The molecule has 1 aromatic carbocycles. The van der Waals surface area contributed by atoms with Gasteiger partial charge >= 0.3 is 0 Å². The van der Waals surface area contributed by atoms with E-state index in [9.17, 15) is 14.4 Å². The van der Waals surface area contributed by atoms with Gasteiger partial charge < -0.3 is 15.1 Å². The Morgan fingerprint density at radius 2 is 1.82 bits per heavy atom. The molecule has 9 nitrogen and oxygen atoms in total. The van der Waals surface area contributed by atoms with Crippen molar-refractivity contribution in [2.45, 2.75) is 38.4 Å². The summed E-state index contributed by atoms with van der Waals surface area (Å²) in [7, 11) is 1.94. The summed E-state index contributed by atoms with van der Waals surface area (Å²) in [5, 5.41) is 8.91. The first-order valence-corrected chi connectivity index (χ1v) is 11.2. The molecule has 2 aromatic heterocycles. The number of piperidine rings is 1. The Morgan fingerprint density at radius 3 is 2.55 bits per heavy atom. The Kier molecular flexibility index (Phi) is 5.11. The summed E-state index contributed by atoms with van der Waals surface area (Å²) in [4.78, 5) is 46.7. The second-order valence-corrected chi connectivity index (χ2v) is 8.59. The molecule has 0 bridgehead atoms. The van der Waals surface area contributed by atoms with E-state index < -0.39 is 5.66 Å². The third kappa shape index (κ3) is 3.44. The fourth-order valence-corrected chi connectivity index (χ4v) is 4.90. The SMILES string of the molecule is CCn1nc(CC(=O)N2CCC3(CC2)NC(=O)c2cccnc2N3C)c2ccccc2c1=O. The van der Waals surface area contributed by atoms with E-state index in [1.54, 1.807) is 24.4 Å². The molecule has 170 valence electrons. The summed E-state index contributed by atoms with van der Waals surface area (Å²) in [6.45, 7) is 3.33. The summed E-state index contributed by atoms with van der Waals surface area (Å²) in [6, 6.07) is 10.8. The Hall–Kier alpha value is -3.75. The first-order chi connectivity index (χ1) is 15.9. The van der Waals surface area contributed by atoms with Crippen molar-refractivity contribution in [2.75, 3.05) is 25.0 Å². The standard InChI is InChI=1S/C24H26N6O3/c1-3-30-23(33)17-8-5-4-7-16(17)19(27-30)15-20(31)29-13-10-24(11-14-29)26-22(32)18-9-6-12-25-21(18)28(24)2/h4-9,12H,3,10-11,13-15H2,1-2H3,(H,26,32). The minimum atomic E-state index is -0.560. The van der Waals surface area contributed by atoms with Crippen LogP contribution in [0.3, 0.4) is 0 Å². The number of fused-ring (bicyclic) bond motifs is 2. The van der Waals surface area contributed by atoms with Gasteiger partial charge in [0, 0.05) is 51.1 Å². The van der Waals surface area contributed by atoms with Crippen LogP contribution in [0.5, 0.6) is 0 Å². The lowest BCUT2D eigenvalue weighted by molar-refractivity contribution is -0.132. The molecule has 1 saturated heterocycles. The van der Waals surface area contributed by atoms with Crippen LogP contribution in [0, 0.1) is 0 Å². The molecule has 1 spiro atoms. The predicted octanol–water partition coefficient (Wildman–Crippen LogP) is 1.55. The van der Waals surface area contributed by atoms with Crippen LogP contribution in [0.1, 0.15) is 35.8 Å². The number of anilines is 1. The summed E-state index contributed by atoms with van der Waals surface area (Å²) in [5.41, 5.74) is 0.469. The molecule has 33 heavy (non-hydrogen) atoms. The minimum absolute atomic E-state index is 0.0351. The maximum Gasteiger partial charge on any atom is 0.274 e. The lowest BCUT2D eigenvalue weighted by Crippen LogP contribution is -2.67. The van der Waals surface area contributed by atoms with Crippen molar-refractivity contribution in [1.29, 1.82) is 0 Å². The monoisotopic (exact) mass is 446 g/mol. The number of rotatable bonds is 3. The Morgan fingerprint density at radius 1 is 1.09 bits per heavy atom. The smallest absolute Gasteiger partial charge is 0.274 e. The van der Waals surface area contributed by atoms with E-state index in [0.29, 0.717) is 54.9 Å². The van der Waals surface area contributed by atoms with Gasteiger partial charge in [-0.2, -0.15) is 5.10 Å². The number of carbonyl (C=O) groups is 2. The largest absolute Gasteiger partial charge is 0.342 e. The number of carbonyl (C=O) groups excluding carboxylic acids is 2. The predicted molar refractivity (Wildman–Crippen MR) is 124 cm³/mol. The Bertz CT molecular complexity index is 1310. The molecule has 0 saturated carbocycles. The zero-order valence-electron chi connectivity index (χ0n) is 18.7. The molecule has 2 aliphatic rings. The fourth-order valence-electron chi connectivity index (χ4n) is 4.90. The number of benzene rings is 1. The number of nitrogens with one attached hydrogen (secondary N) is 1. The molecule has 1 N–H and O–H groups in total. The van der Waals surface area contributed by atoms with Crippen LogP contribution in [0.25, 0.3) is 10.8 Å². The van der Waals surface area contributed by atoms with Gasteiger partial charge in [0.15, 0.2) is 0 Å². The van der Waals surface area contributed by atoms with Crippen LogP contribution in [0.4, 0.5) is 5.82 Å². The molecule has 0 radical (unpaired) electrons. The highest BCUT2D eigenvalue weighted by Crippen LogP contribution is 2.34. The Labute approximate surface area is 191 Å². The molecule has 0 unspecified atom stereocenters. The first-order valence-electron chi connectivity index (χ1n) is 11.2. The molecule has 2 amide bonds. The number of aromatic nitrogens is 3. The van der Waals surface area contributed by atoms with E-state index in [4.69, 9.17) is 0 Å². The van der Waals surface area contributed by atoms with Crippen LogP contribution < -0.4 is 15.8 Å². The molecule has 3 aromatic rings. The second-order valence-electron chi connectivity index (χ2n) is 8.59. The van der Waals surface area contributed by atoms with Gasteiger partial charge in [-0.25, -0.2) is 9.67 Å². The number of aryl methyl sites for hydroxylation is 1. The van der Waals surface area contributed by atoms with Crippen molar-refractivity contribution in [1.82, 2.24) is 25.0 Å². The molecular formula is C24H26N6O3. The van der Waals surface area contributed by atoms with Crippen LogP contribution in [0.2, 0.25) is 0 Å². The third-order valence-electron chi connectivity index (χ3n) is 6.84. The summed E-state index contributed by atoms with van der Waals surface area (Å²) >= 11 is 0. The normalized spacial score (nSPS) is 17.2. The van der Waals surface area contributed by atoms with Gasteiger partial charge in [-0.1, -0.05) is 18.2 Å². The molecule has 1 fully saturated rings. The van der Waals surface area contributed by atoms with Gasteiger partial charge in [0.05, 0.1) is 23.1 Å². The van der Waals surface area contributed by atoms with Crippen molar-refractivity contribution in [3.05, 3.63) is 64.2 Å². The van der Waals surface area contributed by atoms with Crippen molar-refractivity contribution >= 4 is 28.4 Å². The number of amides is 2. The van der Waals surface area contributed by atoms with Crippen LogP contribution in [-0.4, -0.2) is 57.3 Å². The fraction of sp³-hybridized carbons (Fsp3) is 0.375. The summed E-state index contributed by atoms with van der Waals surface area (Å²) in [6.07, 6.45) is 3.01. The number of likely N-dealkylation sites (tertiary alicyclic amines) is 1. The Balaban J connectivity index is 1.35. The van der Waals surface area contributed by atoms with E-state index in [1.165, 1.54) is 4.68 Å². The molecule has 2 aliphatic heterocycles. The quantitative estimate of drug-likeness (QED) is 0.655. The van der Waals surface area contributed by atoms with Gasteiger partial charge in [-0.15, -0.1) is 0 Å². The van der Waals surface area contributed by atoms with E-state index in [2.05, 4.69) is 15.4 Å². The number of pyridine rings is 1. The average molecular weight is 447 g/mol.